The van der Waals surface area contributed by atoms with Crippen LogP contribution < -0.4 is 10.2 Å². The summed E-state index contributed by atoms with van der Waals surface area (Å²) in [6, 6.07) is 12.1. The average molecular weight is 463 g/mol. The highest BCUT2D eigenvalue weighted by molar-refractivity contribution is 5.89. The van der Waals surface area contributed by atoms with E-state index in [0.717, 1.165) is 87.2 Å². The van der Waals surface area contributed by atoms with Crippen molar-refractivity contribution < 1.29 is 14.7 Å². The van der Waals surface area contributed by atoms with E-state index in [1.807, 2.05) is 36.5 Å². The highest BCUT2D eigenvalue weighted by Gasteiger charge is 2.50. The molecule has 1 aromatic carbocycles. The fourth-order valence-corrected chi connectivity index (χ4v) is 6.00. The largest absolute Gasteiger partial charge is 0.393 e. The minimum Gasteiger partial charge on any atom is -0.393 e. The maximum Gasteiger partial charge on any atom is 0.230 e. The molecule has 1 atom stereocenters. The van der Waals surface area contributed by atoms with Gasteiger partial charge in [-0.05, 0) is 74.8 Å². The van der Waals surface area contributed by atoms with E-state index in [1.165, 1.54) is 6.92 Å². The molecule has 3 aliphatic rings. The van der Waals surface area contributed by atoms with E-state index >= 15 is 0 Å². The van der Waals surface area contributed by atoms with Crippen LogP contribution in [-0.2, 0) is 9.59 Å². The van der Waals surface area contributed by atoms with E-state index < -0.39 is 0 Å². The summed E-state index contributed by atoms with van der Waals surface area (Å²) in [4.78, 5) is 34.1. The van der Waals surface area contributed by atoms with E-state index in [9.17, 15) is 14.7 Å². The summed E-state index contributed by atoms with van der Waals surface area (Å²) in [6.45, 7) is 3.98. The van der Waals surface area contributed by atoms with Gasteiger partial charge in [0, 0.05) is 50.0 Å². The molecule has 2 amide bonds. The Hall–Kier alpha value is -2.93. The first-order chi connectivity index (χ1) is 16.4. The van der Waals surface area contributed by atoms with Gasteiger partial charge in [0.25, 0.3) is 0 Å². The number of likely N-dealkylation sites (tertiary alicyclic amines) is 1. The molecule has 180 valence electrons. The van der Waals surface area contributed by atoms with Gasteiger partial charge in [-0.1, -0.05) is 12.1 Å². The standard InChI is InChI=1S/C27H34N4O3/c1-19(32)29-22-5-2-4-20(16-22)21-6-11-25(28-17-21)30-14-3-12-27(18-30)13-15-31(26(27)34)23-7-9-24(33)10-8-23/h2,4-6,11,16-17,23-24,33H,3,7-10,12-15,18H2,1H3,(H,29,32)/t23-,24-,27?. The number of benzene rings is 1. The predicted molar refractivity (Wildman–Crippen MR) is 132 cm³/mol. The maximum absolute atomic E-state index is 13.6. The van der Waals surface area contributed by atoms with Gasteiger partial charge < -0.3 is 20.2 Å². The first-order valence-corrected chi connectivity index (χ1v) is 12.5. The number of nitrogens with zero attached hydrogens (tertiary/aromatic N) is 3. The number of carbonyl (C=O) groups is 2. The summed E-state index contributed by atoms with van der Waals surface area (Å²) in [6.07, 6.45) is 7.96. The minimum absolute atomic E-state index is 0.0919. The smallest absolute Gasteiger partial charge is 0.230 e. The summed E-state index contributed by atoms with van der Waals surface area (Å²) in [5.41, 5.74) is 2.45. The number of piperidine rings is 1. The quantitative estimate of drug-likeness (QED) is 0.721. The third-order valence-corrected chi connectivity index (χ3v) is 7.82. The van der Waals surface area contributed by atoms with E-state index in [0.29, 0.717) is 5.91 Å². The Bertz CT molecular complexity index is 1050. The average Bonchev–Trinajstić information content (AvgIpc) is 3.14. The van der Waals surface area contributed by atoms with Crippen LogP contribution in [0.4, 0.5) is 11.5 Å². The Morgan fingerprint density at radius 1 is 1.09 bits per heavy atom. The highest BCUT2D eigenvalue weighted by Crippen LogP contribution is 2.43. The molecule has 7 heteroatoms. The van der Waals surface area contributed by atoms with Crippen molar-refractivity contribution >= 4 is 23.3 Å². The molecule has 2 N–H and O–H groups in total. The first kappa shape index (κ1) is 22.8. The maximum atomic E-state index is 13.6. The van der Waals surface area contributed by atoms with Crippen molar-refractivity contribution in [2.24, 2.45) is 5.41 Å². The molecule has 0 radical (unpaired) electrons. The molecule has 7 nitrogen and oxygen atoms in total. The second kappa shape index (κ2) is 9.37. The molecule has 1 spiro atoms. The normalized spacial score (nSPS) is 27.3. The summed E-state index contributed by atoms with van der Waals surface area (Å²) in [7, 11) is 0. The van der Waals surface area contributed by atoms with Gasteiger partial charge in [0.2, 0.25) is 11.8 Å². The van der Waals surface area contributed by atoms with Crippen LogP contribution >= 0.6 is 0 Å². The Kier molecular flexibility index (Phi) is 6.30. The number of rotatable bonds is 4. The predicted octanol–water partition coefficient (Wildman–Crippen LogP) is 3.83. The lowest BCUT2D eigenvalue weighted by molar-refractivity contribution is -0.139. The summed E-state index contributed by atoms with van der Waals surface area (Å²) in [5.74, 6) is 1.13. The molecule has 2 aromatic rings. The van der Waals surface area contributed by atoms with E-state index in [1.54, 1.807) is 0 Å². The van der Waals surface area contributed by atoms with Crippen LogP contribution in [0.15, 0.2) is 42.6 Å². The van der Waals surface area contributed by atoms with Crippen LogP contribution in [0.25, 0.3) is 11.1 Å². The van der Waals surface area contributed by atoms with E-state index in [-0.39, 0.29) is 23.5 Å². The second-order valence-corrected chi connectivity index (χ2v) is 10.2. The van der Waals surface area contributed by atoms with Crippen molar-refractivity contribution in [3.05, 3.63) is 42.6 Å². The zero-order valence-corrected chi connectivity index (χ0v) is 19.9. The molecule has 5 rings (SSSR count). The van der Waals surface area contributed by atoms with Crippen LogP contribution in [0.1, 0.15) is 51.9 Å². The van der Waals surface area contributed by atoms with Crippen LogP contribution in [-0.4, -0.2) is 58.6 Å². The summed E-state index contributed by atoms with van der Waals surface area (Å²) >= 11 is 0. The van der Waals surface area contributed by atoms with Crippen LogP contribution in [0, 0.1) is 5.41 Å². The minimum atomic E-state index is -0.304. The number of carbonyl (C=O) groups excluding carboxylic acids is 2. The number of aromatic nitrogens is 1. The molecule has 3 fully saturated rings. The Morgan fingerprint density at radius 3 is 2.65 bits per heavy atom. The number of aliphatic hydroxyl groups excluding tert-OH is 1. The van der Waals surface area contributed by atoms with Gasteiger partial charge in [0.1, 0.15) is 5.82 Å². The number of nitrogens with one attached hydrogen (secondary N) is 1. The van der Waals surface area contributed by atoms with E-state index in [4.69, 9.17) is 4.98 Å². The number of aliphatic hydroxyl groups is 1. The van der Waals surface area contributed by atoms with Gasteiger partial charge in [-0.15, -0.1) is 0 Å². The topological polar surface area (TPSA) is 85.8 Å². The molecule has 34 heavy (non-hydrogen) atoms. The zero-order chi connectivity index (χ0) is 23.7. The van der Waals surface area contributed by atoms with Crippen molar-refractivity contribution in [1.82, 2.24) is 9.88 Å². The second-order valence-electron chi connectivity index (χ2n) is 10.2. The fourth-order valence-electron chi connectivity index (χ4n) is 6.00. The Balaban J connectivity index is 1.28. The number of amides is 2. The van der Waals surface area contributed by atoms with Crippen LogP contribution in [0.2, 0.25) is 0 Å². The van der Waals surface area contributed by atoms with Crippen molar-refractivity contribution in [2.45, 2.75) is 64.0 Å². The van der Waals surface area contributed by atoms with Crippen molar-refractivity contribution in [3.8, 4) is 11.1 Å². The van der Waals surface area contributed by atoms with Gasteiger partial charge in [-0.25, -0.2) is 4.98 Å². The monoisotopic (exact) mass is 462 g/mol. The van der Waals surface area contributed by atoms with Crippen LogP contribution in [0.3, 0.4) is 0 Å². The first-order valence-electron chi connectivity index (χ1n) is 12.5. The third kappa shape index (κ3) is 4.53. The third-order valence-electron chi connectivity index (χ3n) is 7.82. The van der Waals surface area contributed by atoms with Crippen molar-refractivity contribution in [1.29, 1.82) is 0 Å². The molecule has 1 unspecified atom stereocenters. The van der Waals surface area contributed by atoms with Gasteiger partial charge in [-0.3, -0.25) is 9.59 Å². The fraction of sp³-hybridized carbons (Fsp3) is 0.519. The number of hydrogen-bond acceptors (Lipinski definition) is 5. The summed E-state index contributed by atoms with van der Waals surface area (Å²) < 4.78 is 0. The SMILES string of the molecule is CC(=O)Nc1cccc(-c2ccc(N3CCCC4(CCN([C@H]5CC[C@H](O)CC5)C4=O)C3)nc2)c1. The van der Waals surface area contributed by atoms with Crippen molar-refractivity contribution in [3.63, 3.8) is 0 Å². The molecule has 0 bridgehead atoms. The molecule has 1 aromatic heterocycles. The molecule has 1 aliphatic carbocycles. The van der Waals surface area contributed by atoms with Gasteiger partial charge in [0.05, 0.1) is 11.5 Å². The molecular weight excluding hydrogens is 428 g/mol. The lowest BCUT2D eigenvalue weighted by Crippen LogP contribution is -2.50. The molecular formula is C27H34N4O3. The van der Waals surface area contributed by atoms with E-state index in [2.05, 4.69) is 21.2 Å². The molecule has 2 aliphatic heterocycles. The molecule has 2 saturated heterocycles. The lowest BCUT2D eigenvalue weighted by atomic mass is 9.78. The number of pyridine rings is 1. The highest BCUT2D eigenvalue weighted by atomic mass is 16.3. The Morgan fingerprint density at radius 2 is 1.91 bits per heavy atom. The van der Waals surface area contributed by atoms with Gasteiger partial charge >= 0.3 is 0 Å². The van der Waals surface area contributed by atoms with Gasteiger partial charge in [0.15, 0.2) is 0 Å². The van der Waals surface area contributed by atoms with Crippen LogP contribution in [0.5, 0.6) is 0 Å². The zero-order valence-electron chi connectivity index (χ0n) is 19.9. The lowest BCUT2D eigenvalue weighted by Gasteiger charge is -2.41. The van der Waals surface area contributed by atoms with Crippen molar-refractivity contribution in [2.75, 3.05) is 29.9 Å². The number of anilines is 2. The van der Waals surface area contributed by atoms with Gasteiger partial charge in [-0.2, -0.15) is 0 Å². The molecule has 1 saturated carbocycles. The number of hydrogen-bond donors (Lipinski definition) is 2. The summed E-state index contributed by atoms with van der Waals surface area (Å²) in [5, 5.41) is 12.7. The Labute approximate surface area is 201 Å². The molecule has 3 heterocycles.